The molecule has 0 aromatic heterocycles. The summed E-state index contributed by atoms with van der Waals surface area (Å²) in [5, 5.41) is 11.7. The van der Waals surface area contributed by atoms with E-state index in [2.05, 4.69) is 5.32 Å². The Morgan fingerprint density at radius 1 is 1.29 bits per heavy atom. The summed E-state index contributed by atoms with van der Waals surface area (Å²) in [5.74, 6) is -0.467. The highest BCUT2D eigenvalue weighted by molar-refractivity contribution is 5.80. The fraction of sp³-hybridized carbons (Fsp3) is 0.529. The lowest BCUT2D eigenvalue weighted by Crippen LogP contribution is -2.44. The highest BCUT2D eigenvalue weighted by atomic mass is 16.7. The lowest BCUT2D eigenvalue weighted by Gasteiger charge is -2.22. The van der Waals surface area contributed by atoms with Crippen molar-refractivity contribution in [1.82, 2.24) is 5.32 Å². The highest BCUT2D eigenvalue weighted by Crippen LogP contribution is 2.20. The van der Waals surface area contributed by atoms with Crippen LogP contribution in [0.5, 0.6) is 5.75 Å². The third kappa shape index (κ3) is 6.87. The molecule has 0 unspecified atom stereocenters. The molecule has 0 radical (unpaired) electrons. The third-order valence-corrected chi connectivity index (χ3v) is 3.00. The maximum Gasteiger partial charge on any atom is 0.408 e. The van der Waals surface area contributed by atoms with Gasteiger partial charge >= 0.3 is 12.1 Å². The number of hydrogen-bond acceptors (Lipinski definition) is 5. The average molecular weight is 339 g/mol. The Labute approximate surface area is 141 Å². The first-order valence-electron chi connectivity index (χ1n) is 7.56. The fourth-order valence-corrected chi connectivity index (χ4v) is 2.01. The largest absolute Gasteiger partial charge is 0.480 e. The molecule has 24 heavy (non-hydrogen) atoms. The molecule has 1 aromatic carbocycles. The van der Waals surface area contributed by atoms with Gasteiger partial charge in [0, 0.05) is 13.5 Å². The smallest absolute Gasteiger partial charge is 0.408 e. The third-order valence-electron chi connectivity index (χ3n) is 3.00. The van der Waals surface area contributed by atoms with Gasteiger partial charge in [0.25, 0.3) is 0 Å². The molecular weight excluding hydrogens is 314 g/mol. The topological polar surface area (TPSA) is 94.1 Å². The minimum Gasteiger partial charge on any atom is -0.480 e. The number of carbonyl (C=O) groups excluding carboxylic acids is 1. The Bertz CT molecular complexity index is 579. The Morgan fingerprint density at radius 2 is 1.96 bits per heavy atom. The van der Waals surface area contributed by atoms with Crippen LogP contribution in [0.15, 0.2) is 18.2 Å². The zero-order valence-corrected chi connectivity index (χ0v) is 14.7. The molecule has 1 rings (SSSR count). The van der Waals surface area contributed by atoms with E-state index in [0.29, 0.717) is 5.75 Å². The Morgan fingerprint density at radius 3 is 2.46 bits per heavy atom. The van der Waals surface area contributed by atoms with E-state index >= 15 is 0 Å². The molecule has 0 aliphatic rings. The number of nitrogens with one attached hydrogen (secondary N) is 1. The van der Waals surface area contributed by atoms with Gasteiger partial charge in [-0.2, -0.15) is 0 Å². The first kappa shape index (κ1) is 19.8. The van der Waals surface area contributed by atoms with Crippen molar-refractivity contribution in [3.05, 3.63) is 29.3 Å². The zero-order chi connectivity index (χ0) is 18.3. The molecular formula is C17H25NO6. The number of rotatable bonds is 7. The maximum absolute atomic E-state index is 11.8. The molecule has 1 atom stereocenters. The van der Waals surface area contributed by atoms with Crippen LogP contribution in [0.1, 0.15) is 31.9 Å². The molecule has 0 saturated carbocycles. The van der Waals surface area contributed by atoms with Crippen molar-refractivity contribution in [2.24, 2.45) is 0 Å². The number of carbonyl (C=O) groups is 2. The molecule has 1 amide bonds. The van der Waals surface area contributed by atoms with Crippen LogP contribution in [0.25, 0.3) is 0 Å². The maximum atomic E-state index is 11.8. The molecule has 0 saturated heterocycles. The predicted molar refractivity (Wildman–Crippen MR) is 88.2 cm³/mol. The monoisotopic (exact) mass is 339 g/mol. The molecule has 0 spiro atoms. The Balaban J connectivity index is 2.77. The molecule has 0 fully saturated rings. The molecule has 0 aliphatic carbocycles. The van der Waals surface area contributed by atoms with Crippen molar-refractivity contribution in [2.75, 3.05) is 13.9 Å². The standard InChI is InChI=1S/C17H25NO6/c1-11-8-12(6-7-14(11)23-10-22-5)9-13(15(19)20)18-16(21)24-17(2,3)4/h6-8,13H,9-10H2,1-5H3,(H,18,21)(H,19,20)/t13-/m0/s1. The number of carboxylic acid groups (broad SMARTS) is 1. The molecule has 1 aromatic rings. The number of ether oxygens (including phenoxy) is 3. The van der Waals surface area contributed by atoms with Gasteiger partial charge in [0.15, 0.2) is 6.79 Å². The highest BCUT2D eigenvalue weighted by Gasteiger charge is 2.24. The van der Waals surface area contributed by atoms with Crippen LogP contribution in [0.3, 0.4) is 0 Å². The predicted octanol–water partition coefficient (Wildman–Crippen LogP) is 2.50. The van der Waals surface area contributed by atoms with E-state index in [0.717, 1.165) is 11.1 Å². The van der Waals surface area contributed by atoms with Crippen LogP contribution in [0.2, 0.25) is 0 Å². The molecule has 7 heteroatoms. The molecule has 0 bridgehead atoms. The summed E-state index contributed by atoms with van der Waals surface area (Å²) in [6.45, 7) is 7.13. The first-order chi connectivity index (χ1) is 11.1. The van der Waals surface area contributed by atoms with Crippen molar-refractivity contribution in [3.63, 3.8) is 0 Å². The van der Waals surface area contributed by atoms with E-state index in [1.54, 1.807) is 32.9 Å². The van der Waals surface area contributed by atoms with Crippen LogP contribution in [-0.2, 0) is 20.7 Å². The van der Waals surface area contributed by atoms with Gasteiger partial charge < -0.3 is 24.6 Å². The number of hydrogen-bond donors (Lipinski definition) is 2. The van der Waals surface area contributed by atoms with E-state index in [9.17, 15) is 14.7 Å². The Kier molecular flexibility index (Phi) is 7.03. The summed E-state index contributed by atoms with van der Waals surface area (Å²) in [5.41, 5.74) is 0.927. The van der Waals surface area contributed by atoms with Crippen molar-refractivity contribution < 1.29 is 28.9 Å². The number of benzene rings is 1. The van der Waals surface area contributed by atoms with Crippen molar-refractivity contribution in [3.8, 4) is 5.75 Å². The molecule has 0 aliphatic heterocycles. The van der Waals surface area contributed by atoms with Crippen LogP contribution in [0, 0.1) is 6.92 Å². The van der Waals surface area contributed by atoms with Crippen molar-refractivity contribution in [2.45, 2.75) is 45.8 Å². The lowest BCUT2D eigenvalue weighted by atomic mass is 10.0. The van der Waals surface area contributed by atoms with Gasteiger partial charge in [-0.1, -0.05) is 12.1 Å². The quantitative estimate of drug-likeness (QED) is 0.741. The van der Waals surface area contributed by atoms with Gasteiger partial charge in [0.2, 0.25) is 0 Å². The van der Waals surface area contributed by atoms with Crippen molar-refractivity contribution in [1.29, 1.82) is 0 Å². The zero-order valence-electron chi connectivity index (χ0n) is 14.7. The van der Waals surface area contributed by atoms with Gasteiger partial charge in [0.1, 0.15) is 17.4 Å². The summed E-state index contributed by atoms with van der Waals surface area (Å²) in [4.78, 5) is 23.2. The SMILES string of the molecule is COCOc1ccc(C[C@H](NC(=O)OC(C)(C)C)C(=O)O)cc1C. The minimum atomic E-state index is -1.13. The normalized spacial score (nSPS) is 12.4. The molecule has 134 valence electrons. The average Bonchev–Trinajstić information content (AvgIpc) is 2.43. The summed E-state index contributed by atoms with van der Waals surface area (Å²) in [7, 11) is 1.53. The number of aliphatic carboxylic acids is 1. The van der Waals surface area contributed by atoms with Gasteiger partial charge in [-0.25, -0.2) is 9.59 Å². The van der Waals surface area contributed by atoms with E-state index in [-0.39, 0.29) is 13.2 Å². The lowest BCUT2D eigenvalue weighted by molar-refractivity contribution is -0.139. The number of carboxylic acids is 1. The van der Waals surface area contributed by atoms with Crippen LogP contribution < -0.4 is 10.1 Å². The summed E-state index contributed by atoms with van der Waals surface area (Å²) in [6, 6.07) is 4.24. The van der Waals surface area contributed by atoms with E-state index in [4.69, 9.17) is 14.2 Å². The van der Waals surface area contributed by atoms with Crippen molar-refractivity contribution >= 4 is 12.1 Å². The van der Waals surface area contributed by atoms with E-state index < -0.39 is 23.7 Å². The van der Waals surface area contributed by atoms with Gasteiger partial charge in [-0.3, -0.25) is 0 Å². The van der Waals surface area contributed by atoms with E-state index in [1.165, 1.54) is 7.11 Å². The summed E-state index contributed by atoms with van der Waals surface area (Å²) >= 11 is 0. The molecule has 0 heterocycles. The second-order valence-corrected chi connectivity index (χ2v) is 6.39. The number of aryl methyl sites for hydroxylation is 1. The van der Waals surface area contributed by atoms with Gasteiger partial charge in [-0.05, 0) is 44.9 Å². The van der Waals surface area contributed by atoms with E-state index in [1.807, 2.05) is 13.0 Å². The Hall–Kier alpha value is -2.28. The first-order valence-corrected chi connectivity index (χ1v) is 7.56. The second-order valence-electron chi connectivity index (χ2n) is 6.39. The van der Waals surface area contributed by atoms with Gasteiger partial charge in [-0.15, -0.1) is 0 Å². The summed E-state index contributed by atoms with van der Waals surface area (Å²) < 4.78 is 15.3. The van der Waals surface area contributed by atoms with Crippen LogP contribution >= 0.6 is 0 Å². The minimum absolute atomic E-state index is 0.137. The van der Waals surface area contributed by atoms with Crippen LogP contribution in [-0.4, -0.2) is 42.7 Å². The molecule has 7 nitrogen and oxygen atoms in total. The van der Waals surface area contributed by atoms with Crippen LogP contribution in [0.4, 0.5) is 4.79 Å². The second kappa shape index (κ2) is 8.54. The number of alkyl carbamates (subject to hydrolysis) is 1. The van der Waals surface area contributed by atoms with Gasteiger partial charge in [0.05, 0.1) is 0 Å². The number of methoxy groups -OCH3 is 1. The molecule has 2 N–H and O–H groups in total. The fourth-order valence-electron chi connectivity index (χ4n) is 2.01. The summed E-state index contributed by atoms with van der Waals surface area (Å²) in [6.07, 6.45) is -0.619. The number of amides is 1.